The van der Waals surface area contributed by atoms with E-state index in [1.807, 2.05) is 24.3 Å². The van der Waals surface area contributed by atoms with E-state index >= 15 is 0 Å². The Hall–Kier alpha value is -4.09. The minimum atomic E-state index is -5.08. The fourth-order valence-electron chi connectivity index (χ4n) is 3.07. The normalized spacial score (nSPS) is 12.7. The van der Waals surface area contributed by atoms with Gasteiger partial charge in [-0.05, 0) is 36.2 Å². The van der Waals surface area contributed by atoms with E-state index in [9.17, 15) is 22.8 Å². The summed E-state index contributed by atoms with van der Waals surface area (Å²) >= 11 is 0. The molecule has 0 atom stereocenters. The van der Waals surface area contributed by atoms with Gasteiger partial charge in [-0.2, -0.15) is 18.3 Å². The number of halogens is 3. The van der Waals surface area contributed by atoms with Gasteiger partial charge in [0.2, 0.25) is 0 Å². The second-order valence-electron chi connectivity index (χ2n) is 6.60. The SMILES string of the molecule is O=C(O)C(F)(F)F.O=C(O)c1n[nH]c2ccc(OCC(=O)N3CCc4ccccc43)cc12. The number of nitrogens with zero attached hydrogens (tertiary/aromatic N) is 2. The standard InChI is InChI=1S/C18H15N3O4.C2HF3O2/c22-16(21-8-7-11-3-1-2-4-15(11)21)10-25-12-5-6-14-13(9-12)17(18(23)24)20-19-14;3-2(4,5)1(6)7/h1-6,9H,7-8,10H2,(H,19,20)(H,23,24);(H,6,7). The number of aromatic carboxylic acids is 1. The quantitative estimate of drug-likeness (QED) is 0.556. The van der Waals surface area contributed by atoms with Crippen molar-refractivity contribution in [1.29, 1.82) is 0 Å². The van der Waals surface area contributed by atoms with Gasteiger partial charge in [-0.1, -0.05) is 18.2 Å². The molecule has 4 rings (SSSR count). The van der Waals surface area contributed by atoms with Crippen LogP contribution in [0.1, 0.15) is 16.1 Å². The van der Waals surface area contributed by atoms with Gasteiger partial charge >= 0.3 is 18.1 Å². The fraction of sp³-hybridized carbons (Fsp3) is 0.200. The first-order chi connectivity index (χ1) is 15.1. The number of alkyl halides is 3. The number of carboxylic acids is 2. The van der Waals surface area contributed by atoms with Crippen molar-refractivity contribution in [2.75, 3.05) is 18.1 Å². The minimum Gasteiger partial charge on any atom is -0.484 e. The van der Waals surface area contributed by atoms with Crippen molar-refractivity contribution in [2.24, 2.45) is 0 Å². The van der Waals surface area contributed by atoms with Crippen molar-refractivity contribution >= 4 is 34.4 Å². The molecule has 2 aromatic carbocycles. The van der Waals surface area contributed by atoms with Crippen LogP contribution >= 0.6 is 0 Å². The summed E-state index contributed by atoms with van der Waals surface area (Å²) in [6, 6.07) is 12.8. The van der Waals surface area contributed by atoms with E-state index in [1.165, 1.54) is 0 Å². The highest BCUT2D eigenvalue weighted by Gasteiger charge is 2.38. The van der Waals surface area contributed by atoms with E-state index in [-0.39, 0.29) is 18.2 Å². The summed E-state index contributed by atoms with van der Waals surface area (Å²) in [7, 11) is 0. The molecule has 1 aliphatic rings. The number of anilines is 1. The molecule has 0 saturated carbocycles. The molecule has 0 aliphatic carbocycles. The lowest BCUT2D eigenvalue weighted by Gasteiger charge is -2.17. The van der Waals surface area contributed by atoms with Crippen LogP contribution in [0.15, 0.2) is 42.5 Å². The number of carbonyl (C=O) groups is 3. The van der Waals surface area contributed by atoms with E-state index in [0.717, 1.165) is 17.7 Å². The predicted molar refractivity (Wildman–Crippen MR) is 105 cm³/mol. The summed E-state index contributed by atoms with van der Waals surface area (Å²) in [5, 5.41) is 23.1. The van der Waals surface area contributed by atoms with Crippen molar-refractivity contribution in [1.82, 2.24) is 10.2 Å². The maximum absolute atomic E-state index is 12.5. The van der Waals surface area contributed by atoms with E-state index in [4.69, 9.17) is 19.7 Å². The third-order valence-electron chi connectivity index (χ3n) is 4.53. The number of benzene rings is 2. The van der Waals surface area contributed by atoms with Crippen molar-refractivity contribution in [2.45, 2.75) is 12.6 Å². The smallest absolute Gasteiger partial charge is 0.484 e. The molecule has 0 unspecified atom stereocenters. The number of ether oxygens (including phenoxy) is 1. The summed E-state index contributed by atoms with van der Waals surface area (Å²) in [6.45, 7) is 0.533. The number of H-pyrrole nitrogens is 1. The number of rotatable bonds is 4. The van der Waals surface area contributed by atoms with E-state index in [1.54, 1.807) is 23.1 Å². The third-order valence-corrected chi connectivity index (χ3v) is 4.53. The first-order valence-electron chi connectivity index (χ1n) is 9.10. The van der Waals surface area contributed by atoms with Gasteiger partial charge in [0.15, 0.2) is 12.3 Å². The van der Waals surface area contributed by atoms with Gasteiger partial charge in [0.1, 0.15) is 5.75 Å². The van der Waals surface area contributed by atoms with Crippen molar-refractivity contribution in [3.63, 3.8) is 0 Å². The van der Waals surface area contributed by atoms with Crippen LogP contribution in [0.3, 0.4) is 0 Å². The number of para-hydroxylation sites is 1. The lowest BCUT2D eigenvalue weighted by Crippen LogP contribution is -2.33. The molecule has 9 nitrogen and oxygen atoms in total. The van der Waals surface area contributed by atoms with E-state index in [2.05, 4.69) is 10.2 Å². The van der Waals surface area contributed by atoms with E-state index < -0.39 is 18.1 Å². The van der Waals surface area contributed by atoms with Crippen LogP contribution in [0.4, 0.5) is 18.9 Å². The lowest BCUT2D eigenvalue weighted by molar-refractivity contribution is -0.192. The number of aliphatic carboxylic acids is 1. The monoisotopic (exact) mass is 451 g/mol. The van der Waals surface area contributed by atoms with Gasteiger partial charge in [-0.3, -0.25) is 9.89 Å². The highest BCUT2D eigenvalue weighted by atomic mass is 19.4. The van der Waals surface area contributed by atoms with Crippen LogP contribution in [-0.4, -0.2) is 57.6 Å². The number of carboxylic acid groups (broad SMARTS) is 2. The molecule has 3 N–H and O–H groups in total. The number of hydrogen-bond donors (Lipinski definition) is 3. The third kappa shape index (κ3) is 4.96. The largest absolute Gasteiger partial charge is 0.490 e. The molecule has 1 aromatic heterocycles. The molecule has 1 aliphatic heterocycles. The second-order valence-corrected chi connectivity index (χ2v) is 6.60. The van der Waals surface area contributed by atoms with Gasteiger partial charge in [-0.25, -0.2) is 9.59 Å². The topological polar surface area (TPSA) is 133 Å². The predicted octanol–water partition coefficient (Wildman–Crippen LogP) is 2.86. The Kier molecular flexibility index (Phi) is 6.32. The Labute approximate surface area is 178 Å². The molecule has 12 heteroatoms. The molecule has 0 fully saturated rings. The maximum atomic E-state index is 12.5. The zero-order chi connectivity index (χ0) is 23.5. The number of fused-ring (bicyclic) bond motifs is 2. The molecule has 2 heterocycles. The molecular formula is C20H16F3N3O6. The van der Waals surface area contributed by atoms with Crippen LogP contribution in [0.25, 0.3) is 10.9 Å². The Morgan fingerprint density at radius 2 is 1.81 bits per heavy atom. The summed E-state index contributed by atoms with van der Waals surface area (Å²) in [4.78, 5) is 34.2. The van der Waals surface area contributed by atoms with Crippen LogP contribution in [0.5, 0.6) is 5.75 Å². The van der Waals surface area contributed by atoms with Crippen LogP contribution in [0.2, 0.25) is 0 Å². The summed E-state index contributed by atoms with van der Waals surface area (Å²) < 4.78 is 37.3. The Bertz CT molecular complexity index is 1170. The molecule has 0 bridgehead atoms. The fourth-order valence-corrected chi connectivity index (χ4v) is 3.07. The number of aromatic nitrogens is 2. The summed E-state index contributed by atoms with van der Waals surface area (Å²) in [6.07, 6.45) is -4.25. The van der Waals surface area contributed by atoms with Crippen LogP contribution in [-0.2, 0) is 16.0 Å². The Morgan fingerprint density at radius 3 is 2.47 bits per heavy atom. The first-order valence-corrected chi connectivity index (χ1v) is 9.10. The molecule has 0 saturated heterocycles. The van der Waals surface area contributed by atoms with Gasteiger partial charge in [0, 0.05) is 17.6 Å². The van der Waals surface area contributed by atoms with Gasteiger partial charge in [-0.15, -0.1) is 0 Å². The molecule has 1 amide bonds. The van der Waals surface area contributed by atoms with E-state index in [0.29, 0.717) is 23.2 Å². The zero-order valence-corrected chi connectivity index (χ0v) is 16.2. The van der Waals surface area contributed by atoms with Crippen molar-refractivity contribution in [3.8, 4) is 5.75 Å². The van der Waals surface area contributed by atoms with Gasteiger partial charge in [0.25, 0.3) is 5.91 Å². The highest BCUT2D eigenvalue weighted by molar-refractivity contribution is 6.01. The van der Waals surface area contributed by atoms with Crippen LogP contribution < -0.4 is 9.64 Å². The number of amides is 1. The second kappa shape index (κ2) is 8.96. The lowest BCUT2D eigenvalue weighted by atomic mass is 10.2. The molecule has 0 radical (unpaired) electrons. The van der Waals surface area contributed by atoms with Crippen molar-refractivity contribution in [3.05, 3.63) is 53.7 Å². The van der Waals surface area contributed by atoms with Gasteiger partial charge in [0.05, 0.1) is 5.52 Å². The minimum absolute atomic E-state index is 0.0692. The molecule has 168 valence electrons. The summed E-state index contributed by atoms with van der Waals surface area (Å²) in [5.74, 6) is -3.58. The Balaban J connectivity index is 0.000000360. The van der Waals surface area contributed by atoms with Crippen LogP contribution in [0, 0.1) is 0 Å². The number of aromatic amines is 1. The Morgan fingerprint density at radius 1 is 1.12 bits per heavy atom. The molecule has 3 aromatic rings. The highest BCUT2D eigenvalue weighted by Crippen LogP contribution is 2.28. The maximum Gasteiger partial charge on any atom is 0.490 e. The molecular weight excluding hydrogens is 435 g/mol. The zero-order valence-electron chi connectivity index (χ0n) is 16.2. The number of nitrogens with one attached hydrogen (secondary N) is 1. The first kappa shape index (κ1) is 22.6. The number of carbonyl (C=O) groups excluding carboxylic acids is 1. The van der Waals surface area contributed by atoms with Gasteiger partial charge < -0.3 is 19.8 Å². The molecule has 0 spiro atoms. The number of hydrogen-bond acceptors (Lipinski definition) is 5. The summed E-state index contributed by atoms with van der Waals surface area (Å²) in [5.41, 5.74) is 2.61. The average molecular weight is 451 g/mol. The molecule has 32 heavy (non-hydrogen) atoms. The average Bonchev–Trinajstić information content (AvgIpc) is 3.35. The van der Waals surface area contributed by atoms with Crippen molar-refractivity contribution < 1.29 is 42.5 Å².